The molecule has 0 saturated heterocycles. The van der Waals surface area contributed by atoms with Gasteiger partial charge >= 0.3 is 39.5 Å². The molecule has 0 radical (unpaired) electrons. The van der Waals surface area contributed by atoms with Crippen molar-refractivity contribution in [3.05, 3.63) is 0 Å². The normalized spacial score (nSPS) is 14.0. The van der Waals surface area contributed by atoms with E-state index in [4.69, 9.17) is 37.0 Å². The van der Waals surface area contributed by atoms with Crippen molar-refractivity contribution in [2.45, 2.75) is 490 Å². The van der Waals surface area contributed by atoms with E-state index < -0.39 is 97.5 Å². The number of carbonyl (C=O) groups excluding carboxylic acids is 4. The lowest BCUT2D eigenvalue weighted by Gasteiger charge is -2.21. The molecule has 0 fully saturated rings. The fourth-order valence-corrected chi connectivity index (χ4v) is 15.3. The first-order valence-electron chi connectivity index (χ1n) is 45.5. The van der Waals surface area contributed by atoms with Gasteiger partial charge < -0.3 is 33.8 Å². The third kappa shape index (κ3) is 80.5. The lowest BCUT2D eigenvalue weighted by Crippen LogP contribution is -2.30. The molecule has 0 bridgehead atoms. The minimum absolute atomic E-state index is 0.108. The fraction of sp³-hybridized carbons (Fsp3) is 0.955. The topological polar surface area (TPSA) is 237 Å². The van der Waals surface area contributed by atoms with Crippen LogP contribution in [0.25, 0.3) is 0 Å². The third-order valence-corrected chi connectivity index (χ3v) is 23.0. The number of hydrogen-bond donors (Lipinski definition) is 3. The number of esters is 4. The molecule has 3 N–H and O–H groups in total. The molecule has 0 amide bonds. The van der Waals surface area contributed by atoms with Crippen LogP contribution in [-0.2, 0) is 65.4 Å². The van der Waals surface area contributed by atoms with E-state index >= 15 is 0 Å². The van der Waals surface area contributed by atoms with E-state index in [0.717, 1.165) is 102 Å². The Hall–Kier alpha value is -1.94. The summed E-state index contributed by atoms with van der Waals surface area (Å²) in [5.74, 6) is -0.524. The second kappa shape index (κ2) is 79.3. The molecule has 636 valence electrons. The molecular formula is C88H172O17P2. The number of phosphoric acid groups is 2. The van der Waals surface area contributed by atoms with Crippen molar-refractivity contribution in [1.29, 1.82) is 0 Å². The first kappa shape index (κ1) is 105. The summed E-state index contributed by atoms with van der Waals surface area (Å²) in [7, 11) is -9.93. The summed E-state index contributed by atoms with van der Waals surface area (Å²) in [4.78, 5) is 73.3. The summed E-state index contributed by atoms with van der Waals surface area (Å²) in [6, 6.07) is 0. The largest absolute Gasteiger partial charge is 0.472 e. The predicted molar refractivity (Wildman–Crippen MR) is 442 cm³/mol. The van der Waals surface area contributed by atoms with Crippen LogP contribution in [0, 0.1) is 11.8 Å². The van der Waals surface area contributed by atoms with Crippen molar-refractivity contribution in [3.63, 3.8) is 0 Å². The van der Waals surface area contributed by atoms with Gasteiger partial charge in [0.25, 0.3) is 0 Å². The molecule has 19 heteroatoms. The molecule has 0 heterocycles. The molecule has 0 rings (SSSR count). The van der Waals surface area contributed by atoms with E-state index in [1.807, 2.05) is 0 Å². The molecule has 0 saturated carbocycles. The summed E-state index contributed by atoms with van der Waals surface area (Å²) in [5.41, 5.74) is 0. The molecule has 0 aromatic carbocycles. The van der Waals surface area contributed by atoms with Gasteiger partial charge in [-0.3, -0.25) is 37.3 Å². The van der Waals surface area contributed by atoms with E-state index in [1.54, 1.807) is 0 Å². The number of hydrogen-bond acceptors (Lipinski definition) is 15. The predicted octanol–water partition coefficient (Wildman–Crippen LogP) is 27.0. The van der Waals surface area contributed by atoms with Gasteiger partial charge in [-0.2, -0.15) is 0 Å². The zero-order valence-electron chi connectivity index (χ0n) is 70.5. The third-order valence-electron chi connectivity index (χ3n) is 21.1. The zero-order valence-corrected chi connectivity index (χ0v) is 72.2. The Morgan fingerprint density at radius 2 is 0.477 bits per heavy atom. The van der Waals surface area contributed by atoms with Crippen molar-refractivity contribution in [1.82, 2.24) is 0 Å². The highest BCUT2D eigenvalue weighted by atomic mass is 31.2. The number of phosphoric ester groups is 2. The first-order valence-corrected chi connectivity index (χ1v) is 48.5. The number of aliphatic hydroxyl groups excluding tert-OH is 1. The molecule has 17 nitrogen and oxygen atoms in total. The Labute approximate surface area is 658 Å². The second-order valence-corrected chi connectivity index (χ2v) is 35.3. The molecule has 6 atom stereocenters. The Balaban J connectivity index is 5.22. The zero-order chi connectivity index (χ0) is 78.5. The number of unbranched alkanes of at least 4 members (excludes halogenated alkanes) is 56. The van der Waals surface area contributed by atoms with Crippen molar-refractivity contribution in [3.8, 4) is 0 Å². The van der Waals surface area contributed by atoms with Crippen molar-refractivity contribution in [2.24, 2.45) is 11.8 Å². The Bertz CT molecular complexity index is 2050. The molecule has 3 unspecified atom stereocenters. The maximum Gasteiger partial charge on any atom is 0.472 e. The highest BCUT2D eigenvalue weighted by Crippen LogP contribution is 2.45. The van der Waals surface area contributed by atoms with Gasteiger partial charge in [-0.05, 0) is 37.5 Å². The second-order valence-electron chi connectivity index (χ2n) is 32.4. The van der Waals surface area contributed by atoms with Gasteiger partial charge in [0, 0.05) is 25.7 Å². The number of rotatable bonds is 87. The van der Waals surface area contributed by atoms with E-state index in [1.165, 1.54) is 283 Å². The summed E-state index contributed by atoms with van der Waals surface area (Å²) >= 11 is 0. The monoisotopic (exact) mass is 1560 g/mol. The maximum absolute atomic E-state index is 13.2. The van der Waals surface area contributed by atoms with Gasteiger partial charge in [0.05, 0.1) is 26.4 Å². The Morgan fingerprint density at radius 3 is 0.710 bits per heavy atom. The molecule has 0 aromatic rings. The van der Waals surface area contributed by atoms with Crippen LogP contribution in [0.2, 0.25) is 0 Å². The number of carbonyl (C=O) groups is 4. The van der Waals surface area contributed by atoms with E-state index in [0.29, 0.717) is 31.6 Å². The average molecular weight is 1560 g/mol. The van der Waals surface area contributed by atoms with E-state index in [9.17, 15) is 43.2 Å². The Morgan fingerprint density at radius 1 is 0.271 bits per heavy atom. The van der Waals surface area contributed by atoms with E-state index in [-0.39, 0.29) is 25.7 Å². The number of aliphatic hydroxyl groups is 1. The van der Waals surface area contributed by atoms with Crippen LogP contribution in [0.15, 0.2) is 0 Å². The quantitative estimate of drug-likeness (QED) is 0.0222. The molecule has 0 spiro atoms. The summed E-state index contributed by atoms with van der Waals surface area (Å²) in [5, 5.41) is 10.7. The average Bonchev–Trinajstić information content (AvgIpc) is 0.913. The highest BCUT2D eigenvalue weighted by molar-refractivity contribution is 7.47. The van der Waals surface area contributed by atoms with Crippen LogP contribution in [0.3, 0.4) is 0 Å². The molecule has 107 heavy (non-hydrogen) atoms. The SMILES string of the molecule is CCCCCCCCCCCCCCCCCCCCCC(=O)OC[C@H](COP(=O)(O)OC[C@@H](O)COP(=O)(O)OC[C@@H](COC(=O)CCCCCCCCCC(C)C)OC(=O)CCCCCCCCCCCCCCCCCC)OC(=O)CCCCCCCCCCCCCCCCCCCCC(C)CC. The highest BCUT2D eigenvalue weighted by Gasteiger charge is 2.31. The van der Waals surface area contributed by atoms with Crippen molar-refractivity contribution >= 4 is 39.5 Å². The summed E-state index contributed by atoms with van der Waals surface area (Å²) in [6.45, 7) is 9.70. The van der Waals surface area contributed by atoms with Crippen LogP contribution in [0.1, 0.15) is 472 Å². The summed E-state index contributed by atoms with van der Waals surface area (Å²) < 4.78 is 68.9. The van der Waals surface area contributed by atoms with Crippen molar-refractivity contribution < 1.29 is 80.2 Å². The lowest BCUT2D eigenvalue weighted by atomic mass is 9.99. The Kier molecular flexibility index (Phi) is 77.9. The molecule has 0 aliphatic heterocycles. The summed E-state index contributed by atoms with van der Waals surface area (Å²) in [6.07, 6.45) is 72.3. The minimum Gasteiger partial charge on any atom is -0.462 e. The van der Waals surface area contributed by atoms with Crippen LogP contribution in [0.5, 0.6) is 0 Å². The smallest absolute Gasteiger partial charge is 0.462 e. The van der Waals surface area contributed by atoms with Gasteiger partial charge in [0.1, 0.15) is 19.3 Å². The van der Waals surface area contributed by atoms with Crippen LogP contribution in [0.4, 0.5) is 0 Å². The van der Waals surface area contributed by atoms with Crippen LogP contribution < -0.4 is 0 Å². The van der Waals surface area contributed by atoms with E-state index in [2.05, 4.69) is 41.5 Å². The van der Waals surface area contributed by atoms with Gasteiger partial charge in [0.15, 0.2) is 12.2 Å². The lowest BCUT2D eigenvalue weighted by molar-refractivity contribution is -0.161. The van der Waals surface area contributed by atoms with Crippen molar-refractivity contribution in [2.75, 3.05) is 39.6 Å². The van der Waals surface area contributed by atoms with Gasteiger partial charge in [0.2, 0.25) is 0 Å². The molecular weight excluding hydrogens is 1390 g/mol. The fourth-order valence-electron chi connectivity index (χ4n) is 13.7. The molecule has 0 aliphatic rings. The van der Waals surface area contributed by atoms with Crippen LogP contribution in [-0.4, -0.2) is 96.7 Å². The van der Waals surface area contributed by atoms with Gasteiger partial charge in [-0.1, -0.05) is 420 Å². The first-order chi connectivity index (χ1) is 51.9. The molecule has 0 aliphatic carbocycles. The van der Waals surface area contributed by atoms with Crippen LogP contribution >= 0.6 is 15.6 Å². The van der Waals surface area contributed by atoms with Gasteiger partial charge in [-0.15, -0.1) is 0 Å². The standard InChI is InChI=1S/C88H172O17P2/c1-7-10-12-14-16-18-20-22-24-26-27-31-35-38-42-46-52-58-64-70-85(90)98-76-83(104-87(92)72-67-61-54-48-44-40-36-32-29-28-30-33-37-41-45-51-57-63-69-81(6)9-3)78-102-106(94,95)100-74-82(89)75-101-107(96,97)103-79-84(77-99-86(91)71-65-59-55-49-50-56-62-68-80(4)5)105-88(93)73-66-60-53-47-43-39-34-25-23-21-19-17-15-13-11-8-2/h80-84,89H,7-79H2,1-6H3,(H,94,95)(H,96,97)/t81?,82-,83-,84-/m1/s1. The number of ether oxygens (including phenoxy) is 4. The van der Waals surface area contributed by atoms with Gasteiger partial charge in [-0.25, -0.2) is 9.13 Å². The maximum atomic E-state index is 13.2. The minimum atomic E-state index is -4.97. The molecule has 0 aromatic heterocycles.